The molecule has 1 aliphatic heterocycles. The van der Waals surface area contributed by atoms with Crippen molar-refractivity contribution in [3.05, 3.63) is 29.3 Å². The summed E-state index contributed by atoms with van der Waals surface area (Å²) in [7, 11) is 1.72. The van der Waals surface area contributed by atoms with Gasteiger partial charge in [-0.15, -0.1) is 0 Å². The molecule has 1 aromatic carbocycles. The molecule has 0 spiro atoms. The summed E-state index contributed by atoms with van der Waals surface area (Å²) in [6.07, 6.45) is 1.94. The molecule has 1 atom stereocenters. The molecule has 1 aromatic rings. The zero-order valence-electron chi connectivity index (χ0n) is 13.5. The molecule has 0 bridgehead atoms. The van der Waals surface area contributed by atoms with Crippen LogP contribution < -0.4 is 10.2 Å². The molecule has 1 heterocycles. The first kappa shape index (κ1) is 16.3. The molecule has 4 heteroatoms. The van der Waals surface area contributed by atoms with Gasteiger partial charge < -0.3 is 20.1 Å². The summed E-state index contributed by atoms with van der Waals surface area (Å²) in [6, 6.07) is 6.59. The summed E-state index contributed by atoms with van der Waals surface area (Å²) in [4.78, 5) is 2.31. The van der Waals surface area contributed by atoms with Crippen molar-refractivity contribution in [2.45, 2.75) is 38.8 Å². The Morgan fingerprint density at radius 2 is 2.24 bits per heavy atom. The number of benzene rings is 1. The number of aryl methyl sites for hydroxylation is 1. The molecule has 2 N–H and O–H groups in total. The molecule has 4 nitrogen and oxygen atoms in total. The summed E-state index contributed by atoms with van der Waals surface area (Å²) in [5.41, 5.74) is 3.25. The molecule has 21 heavy (non-hydrogen) atoms. The molecular weight excluding hydrogens is 264 g/mol. The second-order valence-corrected chi connectivity index (χ2v) is 6.31. The number of nitrogens with zero attached hydrogens (tertiary/aromatic N) is 1. The fourth-order valence-corrected chi connectivity index (χ4v) is 3.01. The molecular formula is C17H28N2O2. The topological polar surface area (TPSA) is 44.7 Å². The lowest BCUT2D eigenvalue weighted by molar-refractivity contribution is 0.0449. The lowest BCUT2D eigenvalue weighted by atomic mass is 9.94. The minimum atomic E-state index is -0.564. The zero-order chi connectivity index (χ0) is 15.3. The van der Waals surface area contributed by atoms with E-state index in [0.29, 0.717) is 0 Å². The Morgan fingerprint density at radius 3 is 2.90 bits per heavy atom. The van der Waals surface area contributed by atoms with Gasteiger partial charge in [0.1, 0.15) is 0 Å². The molecule has 0 radical (unpaired) electrons. The zero-order valence-corrected chi connectivity index (χ0v) is 13.5. The summed E-state index contributed by atoms with van der Waals surface area (Å²) in [5.74, 6) is 0. The average Bonchev–Trinajstić information content (AvgIpc) is 2.42. The van der Waals surface area contributed by atoms with Crippen molar-refractivity contribution in [2.75, 3.05) is 38.3 Å². The van der Waals surface area contributed by atoms with Gasteiger partial charge >= 0.3 is 0 Å². The van der Waals surface area contributed by atoms with Gasteiger partial charge in [-0.25, -0.2) is 0 Å². The predicted octanol–water partition coefficient (Wildman–Crippen LogP) is 2.08. The number of hydrogen-bond donors (Lipinski definition) is 2. The van der Waals surface area contributed by atoms with Crippen LogP contribution in [0, 0.1) is 6.92 Å². The van der Waals surface area contributed by atoms with Crippen molar-refractivity contribution < 1.29 is 9.84 Å². The molecule has 1 aliphatic rings. The van der Waals surface area contributed by atoms with Gasteiger partial charge in [-0.05, 0) is 43.9 Å². The van der Waals surface area contributed by atoms with E-state index in [-0.39, 0.29) is 0 Å². The number of hydrogen-bond acceptors (Lipinski definition) is 4. The van der Waals surface area contributed by atoms with Crippen LogP contribution in [0.1, 0.15) is 30.9 Å². The number of piperidine rings is 1. The fraction of sp³-hybridized carbons (Fsp3) is 0.647. The number of methoxy groups -OCH3 is 1. The van der Waals surface area contributed by atoms with Crippen LogP contribution in [0.5, 0.6) is 0 Å². The molecule has 0 saturated carbocycles. The van der Waals surface area contributed by atoms with Gasteiger partial charge in [0.25, 0.3) is 0 Å². The molecule has 0 aliphatic carbocycles. The maximum Gasteiger partial charge on any atom is 0.0794 e. The van der Waals surface area contributed by atoms with Gasteiger partial charge in [-0.2, -0.15) is 0 Å². The van der Waals surface area contributed by atoms with E-state index in [0.717, 1.165) is 45.6 Å². The van der Waals surface area contributed by atoms with Crippen molar-refractivity contribution in [2.24, 2.45) is 0 Å². The number of rotatable bonds is 6. The quantitative estimate of drug-likeness (QED) is 0.788. The van der Waals surface area contributed by atoms with E-state index >= 15 is 0 Å². The Kier molecular flexibility index (Phi) is 5.62. The van der Waals surface area contributed by atoms with Crippen molar-refractivity contribution in [3.63, 3.8) is 0 Å². The summed E-state index contributed by atoms with van der Waals surface area (Å²) in [5, 5.41) is 13.6. The number of ether oxygens (including phenoxy) is 1. The maximum absolute atomic E-state index is 10.3. The molecule has 1 saturated heterocycles. The Balaban J connectivity index is 1.98. The SMILES string of the molecule is COCCNCc1ccc(N2CCCC(C)(O)C2)c(C)c1. The summed E-state index contributed by atoms with van der Waals surface area (Å²) >= 11 is 0. The van der Waals surface area contributed by atoms with Crippen LogP contribution in [0.4, 0.5) is 5.69 Å². The van der Waals surface area contributed by atoms with E-state index in [2.05, 4.69) is 35.3 Å². The second-order valence-electron chi connectivity index (χ2n) is 6.31. The lowest BCUT2D eigenvalue weighted by Crippen LogP contribution is -2.46. The van der Waals surface area contributed by atoms with Crippen LogP contribution in [-0.2, 0) is 11.3 Å². The minimum Gasteiger partial charge on any atom is -0.388 e. The highest BCUT2D eigenvalue weighted by molar-refractivity contribution is 5.55. The third-order valence-electron chi connectivity index (χ3n) is 4.09. The minimum absolute atomic E-state index is 0.564. The van der Waals surface area contributed by atoms with Crippen molar-refractivity contribution in [3.8, 4) is 0 Å². The smallest absolute Gasteiger partial charge is 0.0794 e. The van der Waals surface area contributed by atoms with Crippen LogP contribution in [0.15, 0.2) is 18.2 Å². The second kappa shape index (κ2) is 7.25. The number of nitrogens with one attached hydrogen (secondary N) is 1. The van der Waals surface area contributed by atoms with Crippen LogP contribution >= 0.6 is 0 Å². The molecule has 1 fully saturated rings. The molecule has 0 amide bonds. The standard InChI is InChI=1S/C17H28N2O2/c1-14-11-15(12-18-8-10-21-3)5-6-16(14)19-9-4-7-17(2,20)13-19/h5-6,11,18,20H,4,7-10,12-13H2,1-3H3. The largest absolute Gasteiger partial charge is 0.388 e. The van der Waals surface area contributed by atoms with Gasteiger partial charge in [0.15, 0.2) is 0 Å². The fourth-order valence-electron chi connectivity index (χ4n) is 3.01. The van der Waals surface area contributed by atoms with Crippen molar-refractivity contribution >= 4 is 5.69 Å². The first-order chi connectivity index (χ1) is 10.0. The van der Waals surface area contributed by atoms with Gasteiger partial charge in [-0.1, -0.05) is 12.1 Å². The third-order valence-corrected chi connectivity index (χ3v) is 4.09. The van der Waals surface area contributed by atoms with Gasteiger partial charge in [0.05, 0.1) is 12.2 Å². The van der Waals surface area contributed by atoms with E-state index < -0.39 is 5.60 Å². The Hall–Kier alpha value is -1.10. The summed E-state index contributed by atoms with van der Waals surface area (Å²) < 4.78 is 5.03. The van der Waals surface area contributed by atoms with E-state index in [4.69, 9.17) is 4.74 Å². The first-order valence-corrected chi connectivity index (χ1v) is 7.78. The highest BCUT2D eigenvalue weighted by atomic mass is 16.5. The number of anilines is 1. The Labute approximate surface area is 128 Å². The van der Waals surface area contributed by atoms with E-state index in [1.807, 2.05) is 6.92 Å². The molecule has 118 valence electrons. The van der Waals surface area contributed by atoms with E-state index in [1.54, 1.807) is 7.11 Å². The van der Waals surface area contributed by atoms with Crippen LogP contribution in [0.2, 0.25) is 0 Å². The molecule has 2 rings (SSSR count). The van der Waals surface area contributed by atoms with Crippen LogP contribution in [0.25, 0.3) is 0 Å². The maximum atomic E-state index is 10.3. The summed E-state index contributed by atoms with van der Waals surface area (Å²) in [6.45, 7) is 8.30. The van der Waals surface area contributed by atoms with Crippen molar-refractivity contribution in [1.29, 1.82) is 0 Å². The highest BCUT2D eigenvalue weighted by Gasteiger charge is 2.28. The molecule has 0 aromatic heterocycles. The predicted molar refractivity (Wildman–Crippen MR) is 86.8 cm³/mol. The Bertz CT molecular complexity index is 460. The van der Waals surface area contributed by atoms with E-state index in [1.165, 1.54) is 16.8 Å². The monoisotopic (exact) mass is 292 g/mol. The van der Waals surface area contributed by atoms with Gasteiger partial charge in [0, 0.05) is 39.0 Å². The third kappa shape index (κ3) is 4.70. The normalized spacial score (nSPS) is 22.6. The van der Waals surface area contributed by atoms with Crippen LogP contribution in [-0.4, -0.2) is 44.1 Å². The Morgan fingerprint density at radius 1 is 1.43 bits per heavy atom. The van der Waals surface area contributed by atoms with Gasteiger partial charge in [-0.3, -0.25) is 0 Å². The number of β-amino-alcohol motifs (C(OH)–C–C–N with tert-alkyl or cyclic N) is 1. The highest BCUT2D eigenvalue weighted by Crippen LogP contribution is 2.28. The number of aliphatic hydroxyl groups is 1. The molecule has 1 unspecified atom stereocenters. The van der Waals surface area contributed by atoms with Crippen LogP contribution in [0.3, 0.4) is 0 Å². The average molecular weight is 292 g/mol. The lowest BCUT2D eigenvalue weighted by Gasteiger charge is -2.39. The first-order valence-electron chi connectivity index (χ1n) is 7.78. The van der Waals surface area contributed by atoms with E-state index in [9.17, 15) is 5.11 Å². The van der Waals surface area contributed by atoms with Gasteiger partial charge in [0.2, 0.25) is 0 Å². The van der Waals surface area contributed by atoms with Crippen molar-refractivity contribution in [1.82, 2.24) is 5.32 Å².